The molecular formula is C14H16O6. The topological polar surface area (TPSA) is 93.1 Å². The fourth-order valence-corrected chi connectivity index (χ4v) is 2.43. The van der Waals surface area contributed by atoms with Crippen LogP contribution < -0.4 is 0 Å². The van der Waals surface area contributed by atoms with Crippen molar-refractivity contribution in [2.24, 2.45) is 0 Å². The highest BCUT2D eigenvalue weighted by Crippen LogP contribution is 2.42. The molecule has 0 amide bonds. The van der Waals surface area contributed by atoms with Crippen molar-refractivity contribution in [3.63, 3.8) is 0 Å². The van der Waals surface area contributed by atoms with Crippen molar-refractivity contribution in [2.75, 3.05) is 6.61 Å². The van der Waals surface area contributed by atoms with Gasteiger partial charge in [-0.25, -0.2) is 4.79 Å². The van der Waals surface area contributed by atoms with Crippen LogP contribution in [0.5, 0.6) is 11.5 Å². The van der Waals surface area contributed by atoms with Crippen molar-refractivity contribution in [3.05, 3.63) is 22.8 Å². The van der Waals surface area contributed by atoms with Crippen LogP contribution in [-0.2, 0) is 14.3 Å². The third kappa shape index (κ3) is 2.12. The monoisotopic (exact) mass is 280 g/mol. The minimum absolute atomic E-state index is 0.0866. The van der Waals surface area contributed by atoms with E-state index < -0.39 is 23.9 Å². The molecule has 0 aliphatic carbocycles. The first-order chi connectivity index (χ1) is 9.38. The minimum atomic E-state index is -1.04. The van der Waals surface area contributed by atoms with Gasteiger partial charge in [0.15, 0.2) is 0 Å². The van der Waals surface area contributed by atoms with Gasteiger partial charge in [-0.05, 0) is 31.9 Å². The average Bonchev–Trinajstić information content (AvgIpc) is 2.35. The van der Waals surface area contributed by atoms with Gasteiger partial charge in [-0.15, -0.1) is 0 Å². The molecule has 2 rings (SSSR count). The highest BCUT2D eigenvalue weighted by atomic mass is 16.7. The molecule has 0 unspecified atom stereocenters. The fraction of sp³-hybridized carbons (Fsp3) is 0.429. The van der Waals surface area contributed by atoms with E-state index in [1.807, 2.05) is 0 Å². The maximum atomic E-state index is 12.0. The van der Waals surface area contributed by atoms with E-state index in [0.717, 1.165) is 6.07 Å². The Bertz CT molecular complexity index is 578. The van der Waals surface area contributed by atoms with Gasteiger partial charge in [0.1, 0.15) is 28.8 Å². The van der Waals surface area contributed by atoms with E-state index in [0.29, 0.717) is 5.56 Å². The van der Waals surface area contributed by atoms with Gasteiger partial charge in [0.25, 0.3) is 0 Å². The van der Waals surface area contributed by atoms with E-state index in [-0.39, 0.29) is 29.3 Å². The lowest BCUT2D eigenvalue weighted by atomic mass is 9.84. The molecule has 0 radical (unpaired) electrons. The number of ether oxygens (including phenoxy) is 2. The van der Waals surface area contributed by atoms with Gasteiger partial charge in [0, 0.05) is 12.7 Å². The second kappa shape index (κ2) is 5.13. The predicted molar refractivity (Wildman–Crippen MR) is 68.8 cm³/mol. The number of phenols is 2. The average molecular weight is 280 g/mol. The number of aromatic hydroxyl groups is 2. The molecule has 0 saturated carbocycles. The van der Waals surface area contributed by atoms with Gasteiger partial charge >= 0.3 is 5.97 Å². The number of carbonyl (C=O) groups is 2. The van der Waals surface area contributed by atoms with Crippen LogP contribution in [0.25, 0.3) is 0 Å². The van der Waals surface area contributed by atoms with Crippen LogP contribution >= 0.6 is 0 Å². The summed E-state index contributed by atoms with van der Waals surface area (Å²) < 4.78 is 10.4. The quantitative estimate of drug-likeness (QED) is 0.817. The Morgan fingerprint density at radius 2 is 2.05 bits per heavy atom. The number of rotatable bonds is 3. The first-order valence-corrected chi connectivity index (χ1v) is 6.26. The Balaban J connectivity index is 2.70. The molecule has 0 bridgehead atoms. The Hall–Kier alpha value is -2.08. The number of Topliss-reactive ketones (excluding diaryl/α,β-unsaturated/α-hetero) is 1. The number of hydrogen-bond acceptors (Lipinski definition) is 6. The Morgan fingerprint density at radius 1 is 1.40 bits per heavy atom. The van der Waals surface area contributed by atoms with E-state index in [2.05, 4.69) is 0 Å². The molecule has 0 aromatic heterocycles. The highest BCUT2D eigenvalue weighted by molar-refractivity contribution is 6.00. The second-order valence-electron chi connectivity index (χ2n) is 4.65. The van der Waals surface area contributed by atoms with Crippen molar-refractivity contribution in [3.8, 4) is 11.5 Å². The molecule has 0 spiro atoms. The molecule has 2 N–H and O–H groups in total. The van der Waals surface area contributed by atoms with Gasteiger partial charge < -0.3 is 19.7 Å². The van der Waals surface area contributed by atoms with Gasteiger partial charge in [-0.2, -0.15) is 0 Å². The highest BCUT2D eigenvalue weighted by Gasteiger charge is 2.42. The second-order valence-corrected chi connectivity index (χ2v) is 4.65. The molecule has 20 heavy (non-hydrogen) atoms. The summed E-state index contributed by atoms with van der Waals surface area (Å²) in [5, 5.41) is 19.6. The van der Waals surface area contributed by atoms with Crippen LogP contribution in [0.2, 0.25) is 0 Å². The number of fused-ring (bicyclic) bond motifs is 1. The van der Waals surface area contributed by atoms with E-state index in [1.54, 1.807) is 13.8 Å². The van der Waals surface area contributed by atoms with Gasteiger partial charge in [0.05, 0.1) is 0 Å². The summed E-state index contributed by atoms with van der Waals surface area (Å²) in [5.41, 5.74) is 0.542. The number of esters is 1. The number of phenolic OH excluding ortho intramolecular Hbond substituents is 2. The van der Waals surface area contributed by atoms with Crippen LogP contribution in [0.4, 0.5) is 0 Å². The Labute approximate surface area is 115 Å². The van der Waals surface area contributed by atoms with E-state index in [1.165, 1.54) is 6.92 Å². The summed E-state index contributed by atoms with van der Waals surface area (Å²) in [5.74, 6) is -2.49. The lowest BCUT2D eigenvalue weighted by Gasteiger charge is -2.32. The molecule has 108 valence electrons. The first kappa shape index (κ1) is 14.3. The Kier molecular flexibility index (Phi) is 3.67. The van der Waals surface area contributed by atoms with Crippen molar-refractivity contribution < 1.29 is 29.3 Å². The smallest absolute Gasteiger partial charge is 0.344 e. The molecule has 1 aliphatic rings. The summed E-state index contributed by atoms with van der Waals surface area (Å²) in [6.07, 6.45) is -1.04. The number of cyclic esters (lactones) is 1. The molecule has 6 nitrogen and oxygen atoms in total. The first-order valence-electron chi connectivity index (χ1n) is 6.26. The fourth-order valence-electron chi connectivity index (χ4n) is 2.43. The molecule has 0 saturated heterocycles. The van der Waals surface area contributed by atoms with Crippen molar-refractivity contribution >= 4 is 11.8 Å². The van der Waals surface area contributed by atoms with Gasteiger partial charge in [0.2, 0.25) is 6.29 Å². The molecule has 2 atom stereocenters. The number of ketones is 1. The SMILES string of the molecule is CCO[C@@H]1OC(=O)c2c(O)cc(O)c(C)c2[C@H]1C(C)=O. The summed E-state index contributed by atoms with van der Waals surface area (Å²) >= 11 is 0. The van der Waals surface area contributed by atoms with Crippen molar-refractivity contribution in [2.45, 2.75) is 33.0 Å². The Morgan fingerprint density at radius 3 is 2.60 bits per heavy atom. The molecule has 0 fully saturated rings. The van der Waals surface area contributed by atoms with Crippen LogP contribution in [0.15, 0.2) is 6.07 Å². The zero-order chi connectivity index (χ0) is 15.0. The van der Waals surface area contributed by atoms with Gasteiger partial charge in [-0.1, -0.05) is 0 Å². The van der Waals surface area contributed by atoms with Crippen molar-refractivity contribution in [1.29, 1.82) is 0 Å². The van der Waals surface area contributed by atoms with Crippen LogP contribution in [0.3, 0.4) is 0 Å². The lowest BCUT2D eigenvalue weighted by Crippen LogP contribution is -2.38. The standard InChI is InChI=1S/C14H16O6/c1-4-19-14-11(7(3)15)10-6(2)8(16)5-9(17)12(10)13(18)20-14/h5,11,14,16-17H,4H2,1-3H3/t11-,14-/m1/s1. The van der Waals surface area contributed by atoms with E-state index in [9.17, 15) is 19.8 Å². The normalized spacial score (nSPS) is 21.2. The molecule has 1 heterocycles. The summed E-state index contributed by atoms with van der Waals surface area (Å²) in [6, 6.07) is 1.06. The zero-order valence-corrected chi connectivity index (χ0v) is 11.5. The largest absolute Gasteiger partial charge is 0.508 e. The number of hydrogen-bond donors (Lipinski definition) is 2. The van der Waals surface area contributed by atoms with Gasteiger partial charge in [-0.3, -0.25) is 4.79 Å². The maximum Gasteiger partial charge on any atom is 0.344 e. The number of benzene rings is 1. The van der Waals surface area contributed by atoms with Crippen LogP contribution in [-0.4, -0.2) is 34.9 Å². The zero-order valence-electron chi connectivity index (χ0n) is 11.5. The molecule has 1 aromatic rings. The molecule has 1 aromatic carbocycles. The third-order valence-corrected chi connectivity index (χ3v) is 3.37. The molecular weight excluding hydrogens is 264 g/mol. The molecule has 6 heteroatoms. The number of carbonyl (C=O) groups excluding carboxylic acids is 2. The van der Waals surface area contributed by atoms with Crippen LogP contribution in [0.1, 0.15) is 41.3 Å². The van der Waals surface area contributed by atoms with E-state index in [4.69, 9.17) is 9.47 Å². The molecule has 1 aliphatic heterocycles. The van der Waals surface area contributed by atoms with E-state index >= 15 is 0 Å². The summed E-state index contributed by atoms with van der Waals surface area (Å²) in [6.45, 7) is 4.90. The summed E-state index contributed by atoms with van der Waals surface area (Å²) in [7, 11) is 0. The van der Waals surface area contributed by atoms with Crippen molar-refractivity contribution in [1.82, 2.24) is 0 Å². The lowest BCUT2D eigenvalue weighted by molar-refractivity contribution is -0.145. The maximum absolute atomic E-state index is 12.0. The third-order valence-electron chi connectivity index (χ3n) is 3.37. The predicted octanol–water partition coefficient (Wildman–Crippen LogP) is 1.61. The minimum Gasteiger partial charge on any atom is -0.508 e. The van der Waals surface area contributed by atoms with Crippen LogP contribution in [0, 0.1) is 6.92 Å². The summed E-state index contributed by atoms with van der Waals surface area (Å²) in [4.78, 5) is 23.9.